The van der Waals surface area contributed by atoms with Crippen molar-refractivity contribution in [2.24, 2.45) is 0 Å². The van der Waals surface area contributed by atoms with Crippen molar-refractivity contribution in [1.82, 2.24) is 15.1 Å². The number of aromatic nitrogens is 2. The third-order valence-electron chi connectivity index (χ3n) is 3.86. The predicted octanol–water partition coefficient (Wildman–Crippen LogP) is 3.83. The first-order valence-corrected chi connectivity index (χ1v) is 9.67. The fraction of sp³-hybridized carbons (Fsp3) is 0.250. The Morgan fingerprint density at radius 2 is 1.89 bits per heavy atom. The van der Waals surface area contributed by atoms with Crippen LogP contribution in [0.15, 0.2) is 54.6 Å². The van der Waals surface area contributed by atoms with Crippen molar-refractivity contribution in [3.8, 4) is 5.75 Å². The van der Waals surface area contributed by atoms with E-state index >= 15 is 0 Å². The number of hydrogen-bond acceptors (Lipinski definition) is 6. The van der Waals surface area contributed by atoms with Gasteiger partial charge in [0.2, 0.25) is 5.01 Å². The Hall–Kier alpha value is -2.84. The molecule has 8 heteroatoms. The summed E-state index contributed by atoms with van der Waals surface area (Å²) in [5, 5.41) is 11.8. The van der Waals surface area contributed by atoms with Crippen LogP contribution < -0.4 is 10.1 Å². The van der Waals surface area contributed by atoms with E-state index in [-0.39, 0.29) is 16.7 Å². The highest BCUT2D eigenvalue weighted by Gasteiger charge is 2.14. The topological polar surface area (TPSA) is 67.3 Å². The van der Waals surface area contributed by atoms with Crippen LogP contribution in [0.3, 0.4) is 0 Å². The summed E-state index contributed by atoms with van der Waals surface area (Å²) in [6.07, 6.45) is 0.877. The zero-order valence-electron chi connectivity index (χ0n) is 15.5. The highest BCUT2D eigenvalue weighted by atomic mass is 32.1. The standard InChI is InChI=1S/C20H21FN4O2S/c1-25(12-5-13-27-17-6-3-2-4-7-17)14-18-23-24-20(28-18)19(26)22-16-10-8-15(21)9-11-16/h2-4,6-11H,5,12-14H2,1H3,(H,22,26). The molecule has 0 spiro atoms. The maximum absolute atomic E-state index is 12.9. The summed E-state index contributed by atoms with van der Waals surface area (Å²) >= 11 is 1.25. The van der Waals surface area contributed by atoms with E-state index in [9.17, 15) is 9.18 Å². The summed E-state index contributed by atoms with van der Waals surface area (Å²) in [6, 6.07) is 15.3. The minimum absolute atomic E-state index is 0.278. The summed E-state index contributed by atoms with van der Waals surface area (Å²) in [5.74, 6) is 0.161. The second-order valence-electron chi connectivity index (χ2n) is 6.21. The molecule has 3 rings (SSSR count). The van der Waals surface area contributed by atoms with Crippen LogP contribution in [0.5, 0.6) is 5.75 Å². The van der Waals surface area contributed by atoms with E-state index in [4.69, 9.17) is 4.74 Å². The van der Waals surface area contributed by atoms with E-state index < -0.39 is 0 Å². The molecule has 3 aromatic rings. The monoisotopic (exact) mass is 400 g/mol. The molecule has 146 valence electrons. The van der Waals surface area contributed by atoms with Gasteiger partial charge >= 0.3 is 0 Å². The molecule has 2 aromatic carbocycles. The number of anilines is 1. The number of halogens is 1. The number of nitrogens with one attached hydrogen (secondary N) is 1. The number of carbonyl (C=O) groups excluding carboxylic acids is 1. The number of rotatable bonds is 9. The third-order valence-corrected chi connectivity index (χ3v) is 4.77. The Labute approximate surface area is 167 Å². The molecular weight excluding hydrogens is 379 g/mol. The van der Waals surface area contributed by atoms with Gasteiger partial charge in [0, 0.05) is 12.2 Å². The number of amides is 1. The highest BCUT2D eigenvalue weighted by molar-refractivity contribution is 7.13. The SMILES string of the molecule is CN(CCCOc1ccccc1)Cc1nnc(C(=O)Nc2ccc(F)cc2)s1. The Morgan fingerprint density at radius 1 is 1.14 bits per heavy atom. The molecule has 0 saturated heterocycles. The lowest BCUT2D eigenvalue weighted by Crippen LogP contribution is -2.20. The van der Waals surface area contributed by atoms with Gasteiger partial charge in [-0.05, 0) is 49.9 Å². The first-order valence-electron chi connectivity index (χ1n) is 8.86. The molecule has 0 aliphatic rings. The van der Waals surface area contributed by atoms with Gasteiger partial charge in [0.25, 0.3) is 5.91 Å². The van der Waals surface area contributed by atoms with Crippen LogP contribution in [0.25, 0.3) is 0 Å². The molecule has 0 unspecified atom stereocenters. The summed E-state index contributed by atoms with van der Waals surface area (Å²) in [7, 11) is 1.99. The van der Waals surface area contributed by atoms with Gasteiger partial charge < -0.3 is 10.1 Å². The second-order valence-corrected chi connectivity index (χ2v) is 7.28. The highest BCUT2D eigenvalue weighted by Crippen LogP contribution is 2.15. The van der Waals surface area contributed by atoms with Crippen LogP contribution in [-0.4, -0.2) is 41.2 Å². The Bertz CT molecular complexity index is 887. The quantitative estimate of drug-likeness (QED) is 0.553. The van der Waals surface area contributed by atoms with E-state index in [1.165, 1.54) is 35.6 Å². The molecular formula is C20H21FN4O2S. The molecule has 1 N–H and O–H groups in total. The van der Waals surface area contributed by atoms with Gasteiger partial charge in [-0.25, -0.2) is 4.39 Å². The minimum atomic E-state index is -0.353. The van der Waals surface area contributed by atoms with Gasteiger partial charge in [-0.2, -0.15) is 0 Å². The van der Waals surface area contributed by atoms with Crippen LogP contribution in [0.1, 0.15) is 21.2 Å². The van der Waals surface area contributed by atoms with Crippen molar-refractivity contribution in [3.63, 3.8) is 0 Å². The summed E-state index contributed by atoms with van der Waals surface area (Å²) in [5.41, 5.74) is 0.513. The fourth-order valence-electron chi connectivity index (χ4n) is 2.48. The lowest BCUT2D eigenvalue weighted by Gasteiger charge is -2.14. The van der Waals surface area contributed by atoms with Crippen molar-refractivity contribution in [2.75, 3.05) is 25.5 Å². The van der Waals surface area contributed by atoms with Crippen molar-refractivity contribution in [2.45, 2.75) is 13.0 Å². The van der Waals surface area contributed by atoms with Crippen molar-refractivity contribution in [1.29, 1.82) is 0 Å². The summed E-state index contributed by atoms with van der Waals surface area (Å²) in [6.45, 7) is 2.08. The van der Waals surface area contributed by atoms with Gasteiger partial charge in [-0.1, -0.05) is 29.5 Å². The number of carbonyl (C=O) groups is 1. The van der Waals surface area contributed by atoms with Gasteiger partial charge in [-0.3, -0.25) is 9.69 Å². The molecule has 0 aliphatic carbocycles. The first kappa shape index (κ1) is 19.9. The summed E-state index contributed by atoms with van der Waals surface area (Å²) < 4.78 is 18.6. The minimum Gasteiger partial charge on any atom is -0.494 e. The number of hydrogen-bond donors (Lipinski definition) is 1. The molecule has 0 atom stereocenters. The fourth-order valence-corrected chi connectivity index (χ4v) is 3.29. The van der Waals surface area contributed by atoms with Crippen LogP contribution >= 0.6 is 11.3 Å². The molecule has 28 heavy (non-hydrogen) atoms. The number of para-hydroxylation sites is 1. The van der Waals surface area contributed by atoms with Crippen LogP contribution in [0.2, 0.25) is 0 Å². The maximum Gasteiger partial charge on any atom is 0.286 e. The molecule has 0 radical (unpaired) electrons. The van der Waals surface area contributed by atoms with Crippen molar-refractivity contribution >= 4 is 22.9 Å². The second kappa shape index (κ2) is 9.91. The van der Waals surface area contributed by atoms with Crippen molar-refractivity contribution < 1.29 is 13.9 Å². The molecule has 0 bridgehead atoms. The molecule has 0 aliphatic heterocycles. The van der Waals surface area contributed by atoms with Crippen LogP contribution in [-0.2, 0) is 6.54 Å². The zero-order valence-corrected chi connectivity index (χ0v) is 16.3. The van der Waals surface area contributed by atoms with Gasteiger partial charge in [0.15, 0.2) is 0 Å². The van der Waals surface area contributed by atoms with E-state index in [2.05, 4.69) is 20.4 Å². The van der Waals surface area contributed by atoms with Gasteiger partial charge in [0.1, 0.15) is 16.6 Å². The largest absolute Gasteiger partial charge is 0.494 e. The van der Waals surface area contributed by atoms with Crippen LogP contribution in [0, 0.1) is 5.82 Å². The normalized spacial score (nSPS) is 10.8. The van der Waals surface area contributed by atoms with Gasteiger partial charge in [-0.15, -0.1) is 10.2 Å². The van der Waals surface area contributed by atoms with E-state index in [1.54, 1.807) is 0 Å². The predicted molar refractivity (Wildman–Crippen MR) is 107 cm³/mol. The molecule has 1 heterocycles. The third kappa shape index (κ3) is 6.11. The van der Waals surface area contributed by atoms with E-state index in [0.717, 1.165) is 23.7 Å². The Balaban J connectivity index is 1.41. The average molecular weight is 400 g/mol. The van der Waals surface area contributed by atoms with Crippen molar-refractivity contribution in [3.05, 3.63) is 70.4 Å². The average Bonchev–Trinajstić information content (AvgIpc) is 3.16. The lowest BCUT2D eigenvalue weighted by atomic mass is 10.3. The molecule has 1 aromatic heterocycles. The smallest absolute Gasteiger partial charge is 0.286 e. The summed E-state index contributed by atoms with van der Waals surface area (Å²) in [4.78, 5) is 14.3. The van der Waals surface area contributed by atoms with Gasteiger partial charge in [0.05, 0.1) is 13.2 Å². The van der Waals surface area contributed by atoms with E-state index in [1.807, 2.05) is 37.4 Å². The number of nitrogens with zero attached hydrogens (tertiary/aromatic N) is 3. The molecule has 0 fully saturated rings. The molecule has 0 saturated carbocycles. The number of ether oxygens (including phenoxy) is 1. The number of benzene rings is 2. The molecule has 1 amide bonds. The van der Waals surface area contributed by atoms with Crippen LogP contribution in [0.4, 0.5) is 10.1 Å². The first-order chi connectivity index (χ1) is 13.6. The Kier molecular flexibility index (Phi) is 7.05. The molecule has 6 nitrogen and oxygen atoms in total. The zero-order chi connectivity index (χ0) is 19.8. The maximum atomic E-state index is 12.9. The lowest BCUT2D eigenvalue weighted by molar-refractivity contribution is 0.102. The van der Waals surface area contributed by atoms with E-state index in [0.29, 0.717) is 18.8 Å². The Morgan fingerprint density at radius 3 is 2.64 bits per heavy atom.